The number of nitrogens with zero attached hydrogens (tertiary/aromatic N) is 2. The molecule has 45 heavy (non-hydrogen) atoms. The highest BCUT2D eigenvalue weighted by molar-refractivity contribution is 8.40. The van der Waals surface area contributed by atoms with Gasteiger partial charge in [-0.15, -0.1) is 10.3 Å². The number of benzene rings is 2. The summed E-state index contributed by atoms with van der Waals surface area (Å²) in [6.07, 6.45) is 14.8. The number of hydrogen-bond donors (Lipinski definition) is 0. The predicted molar refractivity (Wildman–Crippen MR) is 191 cm³/mol. The van der Waals surface area contributed by atoms with Crippen LogP contribution in [-0.2, 0) is 26.4 Å². The van der Waals surface area contributed by atoms with E-state index in [0.29, 0.717) is 30.0 Å². The maximum Gasteiger partial charge on any atom is 0.237 e. The second kappa shape index (κ2) is 15.2. The molecule has 0 aromatic heterocycles. The average molecular weight is 673 g/mol. The molecule has 0 spiro atoms. The van der Waals surface area contributed by atoms with E-state index in [4.69, 9.17) is 7.26 Å². The Kier molecular flexibility index (Phi) is 11.8. The van der Waals surface area contributed by atoms with Crippen molar-refractivity contribution in [3.8, 4) is 0 Å². The largest absolute Gasteiger partial charge is 0.274 e. The van der Waals surface area contributed by atoms with E-state index >= 15 is 0 Å². The van der Waals surface area contributed by atoms with Crippen LogP contribution < -0.4 is 9.80 Å². The molecule has 2 aromatic rings. The third-order valence-corrected chi connectivity index (χ3v) is 14.0. The normalized spacial score (nSPS) is 19.8. The van der Waals surface area contributed by atoms with Crippen LogP contribution >= 0.6 is 32.9 Å². The summed E-state index contributed by atoms with van der Waals surface area (Å²) in [5, 5.41) is 0. The van der Waals surface area contributed by atoms with Crippen molar-refractivity contribution in [2.75, 3.05) is 46.3 Å². The molecule has 244 valence electrons. The molecular formula is C34H44N2O6S3. The molecule has 2 fully saturated rings. The SMILES string of the molecule is C=Cc1ccc(N2C(=O)CC(CCCSOS(C)(C)OS(C)(C)CCCC3CC(=O)N(c4ccc(C=C)cc4)C3=O)C2=O)cc1. The minimum Gasteiger partial charge on any atom is -0.274 e. The van der Waals surface area contributed by atoms with Crippen LogP contribution in [0.1, 0.15) is 49.7 Å². The van der Waals surface area contributed by atoms with Crippen LogP contribution in [0.15, 0.2) is 61.7 Å². The zero-order valence-corrected chi connectivity index (χ0v) is 29.0. The second-order valence-corrected chi connectivity index (χ2v) is 19.4. The van der Waals surface area contributed by atoms with Crippen molar-refractivity contribution in [2.24, 2.45) is 11.8 Å². The van der Waals surface area contributed by atoms with E-state index in [1.165, 1.54) is 21.8 Å². The van der Waals surface area contributed by atoms with E-state index in [9.17, 15) is 19.2 Å². The third kappa shape index (κ3) is 9.13. The van der Waals surface area contributed by atoms with Crippen molar-refractivity contribution in [1.29, 1.82) is 0 Å². The quantitative estimate of drug-likeness (QED) is 0.103. The summed E-state index contributed by atoms with van der Waals surface area (Å²) in [4.78, 5) is 53.8. The Labute approximate surface area is 275 Å². The Morgan fingerprint density at radius 3 is 1.64 bits per heavy atom. The highest BCUT2D eigenvalue weighted by Gasteiger charge is 2.40. The molecule has 2 aliphatic heterocycles. The maximum absolute atomic E-state index is 13.0. The Morgan fingerprint density at radius 1 is 0.756 bits per heavy atom. The molecule has 0 radical (unpaired) electrons. The first-order valence-corrected chi connectivity index (χ1v) is 20.7. The maximum atomic E-state index is 13.0. The van der Waals surface area contributed by atoms with Gasteiger partial charge in [0.25, 0.3) is 0 Å². The molecule has 0 aliphatic carbocycles. The monoisotopic (exact) mass is 672 g/mol. The standard InChI is InChI=1S/C34H44N2O6S3/c1-7-25-13-17-29(18-14-25)35-31(37)23-27(33(35)39)11-9-21-43-41-45(5,6)42-44(3,4)22-10-12-28-24-32(38)36(34(28)40)30-19-15-26(8-2)16-20-30/h7-8,13-20,27-28H,1-2,9-12,21-24H2,3-6H3. The van der Waals surface area contributed by atoms with Gasteiger partial charge in [-0.05, 0) is 73.6 Å². The molecule has 0 saturated carbocycles. The summed E-state index contributed by atoms with van der Waals surface area (Å²) in [6, 6.07) is 14.5. The lowest BCUT2D eigenvalue weighted by molar-refractivity contribution is -0.123. The van der Waals surface area contributed by atoms with E-state index in [0.717, 1.165) is 29.7 Å². The zero-order chi connectivity index (χ0) is 32.8. The Hall–Kier alpha value is -2.83. The fourth-order valence-corrected chi connectivity index (χ4v) is 12.1. The lowest BCUT2D eigenvalue weighted by Crippen LogP contribution is -2.30. The van der Waals surface area contributed by atoms with Gasteiger partial charge in [0.1, 0.15) is 0 Å². The highest BCUT2D eigenvalue weighted by Crippen LogP contribution is 2.60. The molecule has 8 nitrogen and oxygen atoms in total. The lowest BCUT2D eigenvalue weighted by atomic mass is 10.0. The van der Waals surface area contributed by atoms with Crippen LogP contribution in [0.4, 0.5) is 11.4 Å². The Bertz CT molecular complexity index is 1420. The van der Waals surface area contributed by atoms with Gasteiger partial charge in [-0.2, -0.15) is 10.6 Å². The molecule has 2 saturated heterocycles. The molecule has 4 rings (SSSR count). The van der Waals surface area contributed by atoms with E-state index < -0.39 is 20.9 Å². The molecule has 2 aromatic carbocycles. The summed E-state index contributed by atoms with van der Waals surface area (Å²) < 4.78 is 12.6. The van der Waals surface area contributed by atoms with Crippen LogP contribution in [0.2, 0.25) is 0 Å². The summed E-state index contributed by atoms with van der Waals surface area (Å²) in [7, 11) is -3.26. The fraction of sp³-hybridized carbons (Fsp3) is 0.412. The van der Waals surface area contributed by atoms with Gasteiger partial charge in [-0.25, -0.2) is 7.26 Å². The van der Waals surface area contributed by atoms with Crippen LogP contribution in [0.25, 0.3) is 12.2 Å². The van der Waals surface area contributed by atoms with Crippen molar-refractivity contribution in [2.45, 2.75) is 38.5 Å². The van der Waals surface area contributed by atoms with Gasteiger partial charge < -0.3 is 0 Å². The Morgan fingerprint density at radius 2 is 1.20 bits per heavy atom. The number of carbonyl (C=O) groups excluding carboxylic acids is 4. The van der Waals surface area contributed by atoms with Crippen molar-refractivity contribution in [3.63, 3.8) is 0 Å². The van der Waals surface area contributed by atoms with Crippen molar-refractivity contribution in [1.82, 2.24) is 0 Å². The van der Waals surface area contributed by atoms with Gasteiger partial charge in [0.2, 0.25) is 23.6 Å². The molecule has 4 amide bonds. The average Bonchev–Trinajstić information content (AvgIpc) is 3.44. The van der Waals surface area contributed by atoms with E-state index in [-0.39, 0.29) is 48.3 Å². The smallest absolute Gasteiger partial charge is 0.237 e. The van der Waals surface area contributed by atoms with Crippen molar-refractivity contribution < 1.29 is 26.4 Å². The number of rotatable bonds is 16. The van der Waals surface area contributed by atoms with Gasteiger partial charge in [0.05, 0.1) is 11.4 Å². The first kappa shape index (κ1) is 35.0. The first-order valence-electron chi connectivity index (χ1n) is 15.0. The molecule has 0 bridgehead atoms. The van der Waals surface area contributed by atoms with Gasteiger partial charge in [-0.3, -0.25) is 29.0 Å². The molecule has 2 atom stereocenters. The van der Waals surface area contributed by atoms with Crippen LogP contribution in [-0.4, -0.2) is 60.2 Å². The Balaban J connectivity index is 1.16. The lowest BCUT2D eigenvalue weighted by Gasteiger charge is -2.43. The summed E-state index contributed by atoms with van der Waals surface area (Å²) in [6.45, 7) is 7.48. The first-order chi connectivity index (χ1) is 21.3. The summed E-state index contributed by atoms with van der Waals surface area (Å²) >= 11 is 1.35. The highest BCUT2D eigenvalue weighted by atomic mass is 32.4. The molecule has 11 heteroatoms. The molecule has 2 aliphatic rings. The van der Waals surface area contributed by atoms with Crippen LogP contribution in [0, 0.1) is 11.8 Å². The molecular weight excluding hydrogens is 629 g/mol. The molecule has 2 heterocycles. The van der Waals surface area contributed by atoms with Crippen molar-refractivity contribution in [3.05, 3.63) is 72.8 Å². The van der Waals surface area contributed by atoms with Crippen LogP contribution in [0.5, 0.6) is 0 Å². The topological polar surface area (TPSA) is 93.2 Å². The number of amides is 4. The fourth-order valence-electron chi connectivity index (χ4n) is 5.61. The summed E-state index contributed by atoms with van der Waals surface area (Å²) in [5.74, 6) is 0.259. The van der Waals surface area contributed by atoms with Crippen LogP contribution in [0.3, 0.4) is 0 Å². The third-order valence-electron chi connectivity index (χ3n) is 7.78. The predicted octanol–water partition coefficient (Wildman–Crippen LogP) is 7.55. The van der Waals surface area contributed by atoms with Gasteiger partial charge in [0, 0.05) is 60.7 Å². The van der Waals surface area contributed by atoms with Gasteiger partial charge >= 0.3 is 0 Å². The van der Waals surface area contributed by atoms with Crippen molar-refractivity contribution >= 4 is 80.1 Å². The summed E-state index contributed by atoms with van der Waals surface area (Å²) in [5.41, 5.74) is 3.07. The molecule has 0 N–H and O–H groups in total. The number of hydrogen-bond acceptors (Lipinski definition) is 7. The minimum absolute atomic E-state index is 0.135. The van der Waals surface area contributed by atoms with Gasteiger partial charge in [0.15, 0.2) is 0 Å². The van der Waals surface area contributed by atoms with Gasteiger partial charge in [-0.1, -0.05) is 49.6 Å². The number of carbonyl (C=O) groups is 4. The van der Waals surface area contributed by atoms with E-state index in [1.807, 2.05) is 36.8 Å². The number of anilines is 2. The second-order valence-electron chi connectivity index (χ2n) is 12.1. The molecule has 2 unspecified atom stereocenters. The van der Waals surface area contributed by atoms with E-state index in [1.54, 1.807) is 36.4 Å². The van der Waals surface area contributed by atoms with E-state index in [2.05, 4.69) is 25.7 Å². The zero-order valence-electron chi connectivity index (χ0n) is 26.6. The number of imide groups is 2. The minimum atomic E-state index is -1.80.